The number of benzene rings is 6. The third-order valence-electron chi connectivity index (χ3n) is 11.4. The van der Waals surface area contributed by atoms with Crippen molar-refractivity contribution in [2.24, 2.45) is 0 Å². The molecular formula is C58H50Ir2N3-. The van der Waals surface area contributed by atoms with Crippen LogP contribution >= 0.6 is 0 Å². The minimum Gasteiger partial charge on any atom is -0.304 e. The quantitative estimate of drug-likeness (QED) is 0.127. The van der Waals surface area contributed by atoms with Gasteiger partial charge in [0, 0.05) is 69.3 Å². The van der Waals surface area contributed by atoms with Crippen molar-refractivity contribution >= 4 is 0 Å². The minimum atomic E-state index is 0. The fraction of sp³-hybridized carbons (Fsp3) is 0.121. The fourth-order valence-corrected chi connectivity index (χ4v) is 7.73. The molecule has 5 heteroatoms. The summed E-state index contributed by atoms with van der Waals surface area (Å²) in [6.07, 6.45) is 4.18. The van der Waals surface area contributed by atoms with E-state index >= 15 is 0 Å². The number of hydrogen-bond acceptors (Lipinski definition) is 2. The van der Waals surface area contributed by atoms with Gasteiger partial charge in [-0.1, -0.05) is 127 Å². The normalized spacial score (nSPS) is 10.7. The largest absolute Gasteiger partial charge is 0.304 e. The third-order valence-corrected chi connectivity index (χ3v) is 11.4. The SMILES string of the molecule is Cc1cc2[n+](cc1C)Cc1ccc(-c3ccccc3)cc1-2.Cc1ccc(-c2[c-]ccc(-c3ccccc3)c2)nc1C.Cc1cnc(-c2[c-]ccc(-c3ccccc3)c2)c(C)c1.[Ir].[Ir]. The van der Waals surface area contributed by atoms with E-state index in [2.05, 4.69) is 213 Å². The van der Waals surface area contributed by atoms with Gasteiger partial charge in [-0.2, -0.15) is 4.57 Å². The second kappa shape index (κ2) is 21.4. The number of aromatic nitrogens is 3. The number of aryl methyl sites for hydroxylation is 6. The molecule has 0 bridgehead atoms. The van der Waals surface area contributed by atoms with Gasteiger partial charge in [0.15, 0.2) is 12.7 Å². The predicted molar refractivity (Wildman–Crippen MR) is 253 cm³/mol. The van der Waals surface area contributed by atoms with Crippen molar-refractivity contribution in [1.82, 2.24) is 9.97 Å². The molecule has 9 aromatic rings. The summed E-state index contributed by atoms with van der Waals surface area (Å²) in [6.45, 7) is 13.6. The smallest absolute Gasteiger partial charge is 0.213 e. The number of nitrogens with zero attached hydrogens (tertiary/aromatic N) is 3. The summed E-state index contributed by atoms with van der Waals surface area (Å²) in [5.74, 6) is 0. The molecule has 0 amide bonds. The first-order valence-corrected chi connectivity index (χ1v) is 20.9. The van der Waals surface area contributed by atoms with Gasteiger partial charge in [0.2, 0.25) is 5.69 Å². The van der Waals surface area contributed by atoms with Crippen LogP contribution in [0.15, 0.2) is 182 Å². The van der Waals surface area contributed by atoms with Crippen LogP contribution in [0.4, 0.5) is 0 Å². The van der Waals surface area contributed by atoms with E-state index in [-0.39, 0.29) is 40.2 Å². The van der Waals surface area contributed by atoms with Gasteiger partial charge in [-0.25, -0.2) is 0 Å². The number of fused-ring (bicyclic) bond motifs is 3. The van der Waals surface area contributed by atoms with Crippen LogP contribution in [0.3, 0.4) is 0 Å². The first-order valence-electron chi connectivity index (χ1n) is 20.9. The molecule has 63 heavy (non-hydrogen) atoms. The van der Waals surface area contributed by atoms with E-state index < -0.39 is 0 Å². The molecule has 0 fully saturated rings. The van der Waals surface area contributed by atoms with E-state index in [1.165, 1.54) is 78.0 Å². The molecule has 6 aromatic carbocycles. The average Bonchev–Trinajstić information content (AvgIpc) is 3.65. The third kappa shape index (κ3) is 11.2. The van der Waals surface area contributed by atoms with Crippen molar-refractivity contribution in [3.05, 3.63) is 233 Å². The fourth-order valence-electron chi connectivity index (χ4n) is 7.73. The van der Waals surface area contributed by atoms with Gasteiger partial charge in [-0.05, 0) is 97.9 Å². The number of hydrogen-bond donors (Lipinski definition) is 0. The first-order chi connectivity index (χ1) is 29.7. The Balaban J connectivity index is 0.000000155. The van der Waals surface area contributed by atoms with Gasteiger partial charge in [0.1, 0.15) is 0 Å². The van der Waals surface area contributed by atoms with Crippen LogP contribution in [0, 0.1) is 53.7 Å². The Labute approximate surface area is 400 Å². The van der Waals surface area contributed by atoms with E-state index in [1.54, 1.807) is 0 Å². The molecular weight excluding hydrogens is 1120 g/mol. The molecule has 0 unspecified atom stereocenters. The van der Waals surface area contributed by atoms with Crippen LogP contribution in [-0.2, 0) is 46.8 Å². The summed E-state index contributed by atoms with van der Waals surface area (Å²) < 4.78 is 2.36. The average molecular weight is 1170 g/mol. The minimum absolute atomic E-state index is 0. The maximum Gasteiger partial charge on any atom is 0.213 e. The predicted octanol–water partition coefficient (Wildman–Crippen LogP) is 13.9. The first kappa shape index (κ1) is 46.6. The van der Waals surface area contributed by atoms with Crippen LogP contribution < -0.4 is 4.57 Å². The van der Waals surface area contributed by atoms with Crippen molar-refractivity contribution in [2.45, 2.75) is 48.1 Å². The van der Waals surface area contributed by atoms with Gasteiger partial charge in [-0.3, -0.25) is 0 Å². The number of rotatable bonds is 5. The van der Waals surface area contributed by atoms with Crippen molar-refractivity contribution in [2.75, 3.05) is 0 Å². The monoisotopic (exact) mass is 1170 g/mol. The molecule has 4 heterocycles. The van der Waals surface area contributed by atoms with E-state index in [0.29, 0.717) is 0 Å². The molecule has 0 atom stereocenters. The van der Waals surface area contributed by atoms with Crippen molar-refractivity contribution < 1.29 is 44.8 Å². The molecule has 3 nitrogen and oxygen atoms in total. The summed E-state index contributed by atoms with van der Waals surface area (Å²) in [7, 11) is 0. The zero-order valence-corrected chi connectivity index (χ0v) is 41.3. The van der Waals surface area contributed by atoms with Crippen LogP contribution in [0.2, 0.25) is 0 Å². The molecule has 0 saturated heterocycles. The summed E-state index contributed by atoms with van der Waals surface area (Å²) in [5.41, 5.74) is 23.0. The van der Waals surface area contributed by atoms with E-state index in [0.717, 1.165) is 34.8 Å². The molecule has 316 valence electrons. The summed E-state index contributed by atoms with van der Waals surface area (Å²) in [4.78, 5) is 9.20. The van der Waals surface area contributed by atoms with Crippen molar-refractivity contribution in [3.8, 4) is 67.2 Å². The second-order valence-electron chi connectivity index (χ2n) is 15.9. The number of pyridine rings is 3. The van der Waals surface area contributed by atoms with E-state index in [4.69, 9.17) is 0 Å². The maximum absolute atomic E-state index is 4.65. The molecule has 0 N–H and O–H groups in total. The summed E-state index contributed by atoms with van der Waals surface area (Å²) in [6, 6.07) is 65.8. The zero-order valence-electron chi connectivity index (χ0n) is 36.5. The summed E-state index contributed by atoms with van der Waals surface area (Å²) >= 11 is 0. The van der Waals surface area contributed by atoms with Crippen LogP contribution in [0.5, 0.6) is 0 Å². The van der Waals surface area contributed by atoms with Crippen molar-refractivity contribution in [1.29, 1.82) is 0 Å². The van der Waals surface area contributed by atoms with Gasteiger partial charge < -0.3 is 9.97 Å². The maximum atomic E-state index is 4.65. The Kier molecular flexibility index (Phi) is 15.8. The molecule has 0 saturated carbocycles. The molecule has 1 aliphatic rings. The van der Waals surface area contributed by atoms with Gasteiger partial charge >= 0.3 is 0 Å². The van der Waals surface area contributed by atoms with Gasteiger partial charge in [0.05, 0.1) is 5.56 Å². The van der Waals surface area contributed by atoms with E-state index in [9.17, 15) is 0 Å². The molecule has 10 rings (SSSR count). The standard InChI is InChI=1S/C20H18N.2C19H16N.2Ir/c1-14-10-20-19-11-17(16-6-4-3-5-7-16)8-9-18(19)13-21(20)12-15(14)2;1-14-11-15(2)19(20-13-14)18-10-6-9-17(12-18)16-7-4-3-5-8-16;1-14-11-12-19(20-15(14)2)18-10-6-9-17(13-18)16-7-4-3-5-8-16;;/h3-12H,13H2,1-2H3;2*3-9,11-13H,1-2H3;;/q+1;2*-1;;. The molecule has 0 aliphatic carbocycles. The Bertz CT molecular complexity index is 2950. The van der Waals surface area contributed by atoms with Crippen LogP contribution in [0.1, 0.15) is 39.1 Å². The molecule has 3 aromatic heterocycles. The molecule has 1 aliphatic heterocycles. The summed E-state index contributed by atoms with van der Waals surface area (Å²) in [5, 5.41) is 0. The Hall–Kier alpha value is -5.93. The van der Waals surface area contributed by atoms with Gasteiger partial charge in [0.25, 0.3) is 0 Å². The van der Waals surface area contributed by atoms with E-state index in [1.807, 2.05) is 37.4 Å². The Morgan fingerprint density at radius 3 is 1.60 bits per heavy atom. The van der Waals surface area contributed by atoms with Gasteiger partial charge in [-0.15, -0.1) is 70.8 Å². The Morgan fingerprint density at radius 1 is 0.476 bits per heavy atom. The second-order valence-corrected chi connectivity index (χ2v) is 15.9. The molecule has 2 radical (unpaired) electrons. The Morgan fingerprint density at radius 2 is 1.03 bits per heavy atom. The zero-order chi connectivity index (χ0) is 42.3. The van der Waals surface area contributed by atoms with Crippen LogP contribution in [0.25, 0.3) is 67.2 Å². The van der Waals surface area contributed by atoms with Crippen LogP contribution in [-0.4, -0.2) is 9.97 Å². The molecule has 0 spiro atoms. The van der Waals surface area contributed by atoms with Crippen molar-refractivity contribution in [3.63, 3.8) is 0 Å². The topological polar surface area (TPSA) is 29.7 Å².